The number of carbonyl (C=O) groups is 1. The number of anilines is 3. The molecule has 0 spiro atoms. The van der Waals surface area contributed by atoms with Crippen molar-refractivity contribution in [2.45, 2.75) is 10.8 Å². The van der Waals surface area contributed by atoms with E-state index in [0.29, 0.717) is 15.9 Å². The molecule has 0 unspecified atom stereocenters. The van der Waals surface area contributed by atoms with Crippen molar-refractivity contribution in [3.63, 3.8) is 0 Å². The zero-order valence-corrected chi connectivity index (χ0v) is 16.1. The van der Waals surface area contributed by atoms with Crippen LogP contribution in [-0.2, 0) is 11.2 Å². The number of amides is 1. The number of hydrogen-bond acceptors (Lipinski definition) is 6. The first-order valence-electron chi connectivity index (χ1n) is 8.06. The topological polar surface area (TPSA) is 58.1 Å². The summed E-state index contributed by atoms with van der Waals surface area (Å²) in [6.45, 7) is 0.746. The third-order valence-corrected chi connectivity index (χ3v) is 6.18. The van der Waals surface area contributed by atoms with E-state index < -0.39 is 0 Å². The Labute approximate surface area is 164 Å². The van der Waals surface area contributed by atoms with Gasteiger partial charge < -0.3 is 10.2 Å². The second-order valence-electron chi connectivity index (χ2n) is 5.72. The largest absolute Gasteiger partial charge is 0.330 e. The third-order valence-electron chi connectivity index (χ3n) is 3.99. The van der Waals surface area contributed by atoms with Gasteiger partial charge in [-0.3, -0.25) is 4.79 Å². The summed E-state index contributed by atoms with van der Waals surface area (Å²) in [5.41, 5.74) is 3.11. The Balaban J connectivity index is 1.36. The van der Waals surface area contributed by atoms with Gasteiger partial charge in [0.25, 0.3) is 0 Å². The van der Waals surface area contributed by atoms with Crippen LogP contribution in [0.4, 0.5) is 16.5 Å². The molecule has 3 aromatic rings. The fraction of sp³-hybridized carbons (Fsp3) is 0.167. The van der Waals surface area contributed by atoms with Crippen molar-refractivity contribution in [2.75, 3.05) is 22.5 Å². The minimum Gasteiger partial charge on any atom is -0.330 e. The van der Waals surface area contributed by atoms with Gasteiger partial charge in [0.05, 0.1) is 5.75 Å². The first-order valence-corrected chi connectivity index (χ1v) is 10.2. The summed E-state index contributed by atoms with van der Waals surface area (Å²) < 4.78 is 0.760. The smallest absolute Gasteiger partial charge is 0.237 e. The van der Waals surface area contributed by atoms with Crippen LogP contribution in [0.3, 0.4) is 0 Å². The molecule has 8 heteroatoms. The Morgan fingerprint density at radius 1 is 1.23 bits per heavy atom. The van der Waals surface area contributed by atoms with E-state index in [1.165, 1.54) is 28.7 Å². The Kier molecular flexibility index (Phi) is 5.10. The van der Waals surface area contributed by atoms with Crippen LogP contribution in [0.15, 0.2) is 52.9 Å². The van der Waals surface area contributed by atoms with Crippen LogP contribution >= 0.6 is 34.7 Å². The molecular weight excluding hydrogens is 388 g/mol. The highest BCUT2D eigenvalue weighted by atomic mass is 35.5. The number of nitrogens with one attached hydrogen (secondary N) is 1. The van der Waals surface area contributed by atoms with Crippen molar-refractivity contribution >= 4 is 57.1 Å². The van der Waals surface area contributed by atoms with Crippen LogP contribution in [0.2, 0.25) is 5.02 Å². The summed E-state index contributed by atoms with van der Waals surface area (Å²) in [5, 5.41) is 12.8. The first-order chi connectivity index (χ1) is 12.7. The molecule has 0 saturated carbocycles. The number of thioether (sulfide) groups is 1. The third kappa shape index (κ3) is 3.85. The number of carbonyl (C=O) groups excluding carboxylic acids is 1. The first kappa shape index (κ1) is 17.3. The standard InChI is InChI=1S/C18H15ClN4OS2/c19-13-5-3-6-14(10-13)20-17-21-22-18(26-17)25-11-16(24)23-9-8-12-4-1-2-7-15(12)23/h1-7,10H,8-9,11H2,(H,20,21). The fourth-order valence-corrected chi connectivity index (χ4v) is 4.65. The maximum atomic E-state index is 12.5. The minimum absolute atomic E-state index is 0.0968. The van der Waals surface area contributed by atoms with E-state index in [-0.39, 0.29) is 5.91 Å². The molecule has 1 N–H and O–H groups in total. The zero-order valence-electron chi connectivity index (χ0n) is 13.7. The summed E-state index contributed by atoms with van der Waals surface area (Å²) >= 11 is 8.81. The van der Waals surface area contributed by atoms with Crippen molar-refractivity contribution in [1.82, 2.24) is 10.2 Å². The predicted octanol–water partition coefficient (Wildman–Crippen LogP) is 4.62. The highest BCUT2D eigenvalue weighted by Crippen LogP contribution is 2.31. The highest BCUT2D eigenvalue weighted by molar-refractivity contribution is 8.01. The van der Waals surface area contributed by atoms with Gasteiger partial charge >= 0.3 is 0 Å². The van der Waals surface area contributed by atoms with Crippen LogP contribution in [0, 0.1) is 0 Å². The lowest BCUT2D eigenvalue weighted by atomic mass is 10.2. The number of benzene rings is 2. The molecule has 26 heavy (non-hydrogen) atoms. The lowest BCUT2D eigenvalue weighted by Gasteiger charge is -2.16. The Bertz CT molecular complexity index is 946. The van der Waals surface area contributed by atoms with Crippen LogP contribution < -0.4 is 10.2 Å². The highest BCUT2D eigenvalue weighted by Gasteiger charge is 2.24. The molecule has 5 nitrogen and oxygen atoms in total. The molecule has 1 aliphatic heterocycles. The molecule has 4 rings (SSSR count). The van der Waals surface area contributed by atoms with Crippen molar-refractivity contribution < 1.29 is 4.79 Å². The number of nitrogens with zero attached hydrogens (tertiary/aromatic N) is 3. The van der Waals surface area contributed by atoms with Gasteiger partial charge in [0.1, 0.15) is 0 Å². The van der Waals surface area contributed by atoms with Crippen molar-refractivity contribution in [1.29, 1.82) is 0 Å². The number of para-hydroxylation sites is 1. The van der Waals surface area contributed by atoms with E-state index >= 15 is 0 Å². The predicted molar refractivity (Wildman–Crippen MR) is 108 cm³/mol. The molecule has 0 fully saturated rings. The molecule has 1 amide bonds. The average Bonchev–Trinajstić information content (AvgIpc) is 3.26. The number of rotatable bonds is 5. The molecule has 1 aromatic heterocycles. The van der Waals surface area contributed by atoms with Crippen molar-refractivity contribution in [3.8, 4) is 0 Å². The lowest BCUT2D eigenvalue weighted by Crippen LogP contribution is -2.30. The van der Waals surface area contributed by atoms with E-state index in [9.17, 15) is 4.79 Å². The Morgan fingerprint density at radius 3 is 3.00 bits per heavy atom. The van der Waals surface area contributed by atoms with Gasteiger partial charge in [-0.2, -0.15) is 0 Å². The van der Waals surface area contributed by atoms with E-state index in [2.05, 4.69) is 21.6 Å². The monoisotopic (exact) mass is 402 g/mol. The zero-order chi connectivity index (χ0) is 17.9. The normalized spacial score (nSPS) is 12.9. The van der Waals surface area contributed by atoms with Crippen LogP contribution in [0.1, 0.15) is 5.56 Å². The minimum atomic E-state index is 0.0968. The van der Waals surface area contributed by atoms with Crippen LogP contribution in [0.5, 0.6) is 0 Å². The molecule has 1 aliphatic rings. The Hall–Kier alpha value is -2.09. The lowest BCUT2D eigenvalue weighted by molar-refractivity contribution is -0.116. The molecular formula is C18H15ClN4OS2. The molecule has 2 heterocycles. The van der Waals surface area contributed by atoms with Gasteiger partial charge in [-0.1, -0.05) is 59.0 Å². The van der Waals surface area contributed by atoms with Gasteiger partial charge in [-0.15, -0.1) is 10.2 Å². The van der Waals surface area contributed by atoms with E-state index in [0.717, 1.165) is 28.7 Å². The average molecular weight is 403 g/mol. The summed E-state index contributed by atoms with van der Waals surface area (Å²) in [5.74, 6) is 0.444. The van der Waals surface area contributed by atoms with Crippen molar-refractivity contribution in [2.24, 2.45) is 0 Å². The number of fused-ring (bicyclic) bond motifs is 1. The maximum absolute atomic E-state index is 12.5. The van der Waals surface area contributed by atoms with Gasteiger partial charge in [0, 0.05) is 22.9 Å². The molecule has 132 valence electrons. The Morgan fingerprint density at radius 2 is 2.12 bits per heavy atom. The van der Waals surface area contributed by atoms with Crippen molar-refractivity contribution in [3.05, 3.63) is 59.1 Å². The summed E-state index contributed by atoms with van der Waals surface area (Å²) in [6, 6.07) is 15.5. The van der Waals surface area contributed by atoms with Gasteiger partial charge in [-0.05, 0) is 36.2 Å². The van der Waals surface area contributed by atoms with Gasteiger partial charge in [-0.25, -0.2) is 0 Å². The summed E-state index contributed by atoms with van der Waals surface area (Å²) in [6.07, 6.45) is 0.916. The summed E-state index contributed by atoms with van der Waals surface area (Å²) in [4.78, 5) is 14.4. The number of hydrogen-bond donors (Lipinski definition) is 1. The van der Waals surface area contributed by atoms with Crippen LogP contribution in [-0.4, -0.2) is 28.4 Å². The molecule has 0 radical (unpaired) electrons. The molecule has 0 atom stereocenters. The van der Waals surface area contributed by atoms with E-state index in [1.807, 2.05) is 47.4 Å². The molecule has 0 bridgehead atoms. The molecule has 0 aliphatic carbocycles. The quantitative estimate of drug-likeness (QED) is 0.631. The SMILES string of the molecule is O=C(CSc1nnc(Nc2cccc(Cl)c2)s1)N1CCc2ccccc21. The maximum Gasteiger partial charge on any atom is 0.237 e. The molecule has 0 saturated heterocycles. The van der Waals surface area contributed by atoms with E-state index in [4.69, 9.17) is 11.6 Å². The summed E-state index contributed by atoms with van der Waals surface area (Å²) in [7, 11) is 0. The van der Waals surface area contributed by atoms with E-state index in [1.54, 1.807) is 0 Å². The molecule has 2 aromatic carbocycles. The van der Waals surface area contributed by atoms with Crippen LogP contribution in [0.25, 0.3) is 0 Å². The van der Waals surface area contributed by atoms with Gasteiger partial charge in [0.15, 0.2) is 4.34 Å². The fourth-order valence-electron chi connectivity index (χ4n) is 2.81. The van der Waals surface area contributed by atoms with Gasteiger partial charge in [0.2, 0.25) is 11.0 Å². The second-order valence-corrected chi connectivity index (χ2v) is 8.36. The second kappa shape index (κ2) is 7.65. The number of halogens is 1. The number of aromatic nitrogens is 2.